The summed E-state index contributed by atoms with van der Waals surface area (Å²) in [6.45, 7) is 3.13. The van der Waals surface area contributed by atoms with E-state index in [2.05, 4.69) is 6.92 Å². The van der Waals surface area contributed by atoms with E-state index in [-0.39, 0.29) is 6.10 Å². The van der Waals surface area contributed by atoms with E-state index in [9.17, 15) is 5.11 Å². The molecule has 1 fully saturated rings. The summed E-state index contributed by atoms with van der Waals surface area (Å²) < 4.78 is 5.51. The van der Waals surface area contributed by atoms with Crippen LogP contribution in [0, 0.1) is 0 Å². The van der Waals surface area contributed by atoms with Gasteiger partial charge in [-0.3, -0.25) is 0 Å². The van der Waals surface area contributed by atoms with Gasteiger partial charge < -0.3 is 9.84 Å². The molecule has 0 bridgehead atoms. The van der Waals surface area contributed by atoms with Crippen LogP contribution in [0.1, 0.15) is 64.7 Å². The highest BCUT2D eigenvalue weighted by molar-refractivity contribution is 4.69. The molecule has 0 radical (unpaired) electrons. The standard InChI is InChI=1S/C13H26O2/c1-2-3-4-5-6-8-12(14)11-13-9-7-10-15-13/h12-14H,2-11H2,1H3. The molecule has 2 heteroatoms. The average Bonchev–Trinajstić information content (AvgIpc) is 2.70. The molecule has 90 valence electrons. The molecular weight excluding hydrogens is 188 g/mol. The molecule has 0 saturated carbocycles. The third kappa shape index (κ3) is 6.16. The van der Waals surface area contributed by atoms with Crippen molar-refractivity contribution in [2.24, 2.45) is 0 Å². The van der Waals surface area contributed by atoms with E-state index in [0.717, 1.165) is 25.9 Å². The Bertz CT molecular complexity index is 141. The van der Waals surface area contributed by atoms with E-state index >= 15 is 0 Å². The van der Waals surface area contributed by atoms with Crippen molar-refractivity contribution in [2.45, 2.75) is 76.9 Å². The lowest BCUT2D eigenvalue weighted by Gasteiger charge is -2.14. The molecule has 2 unspecified atom stereocenters. The lowest BCUT2D eigenvalue weighted by atomic mass is 10.0. The minimum absolute atomic E-state index is 0.130. The van der Waals surface area contributed by atoms with Crippen LogP contribution in [0.25, 0.3) is 0 Å². The first-order chi connectivity index (χ1) is 7.33. The van der Waals surface area contributed by atoms with Gasteiger partial charge in [0, 0.05) is 6.61 Å². The van der Waals surface area contributed by atoms with Gasteiger partial charge in [-0.1, -0.05) is 39.0 Å². The highest BCUT2D eigenvalue weighted by atomic mass is 16.5. The number of rotatable bonds is 8. The maximum absolute atomic E-state index is 9.79. The van der Waals surface area contributed by atoms with E-state index < -0.39 is 0 Å². The van der Waals surface area contributed by atoms with Gasteiger partial charge in [0.1, 0.15) is 0 Å². The van der Waals surface area contributed by atoms with Gasteiger partial charge in [0.05, 0.1) is 12.2 Å². The normalized spacial score (nSPS) is 23.2. The molecule has 0 spiro atoms. The van der Waals surface area contributed by atoms with Crippen LogP contribution >= 0.6 is 0 Å². The molecule has 0 amide bonds. The predicted molar refractivity (Wildman–Crippen MR) is 63.0 cm³/mol. The highest BCUT2D eigenvalue weighted by Gasteiger charge is 2.18. The second kappa shape index (κ2) is 8.12. The lowest BCUT2D eigenvalue weighted by molar-refractivity contribution is 0.0496. The second-order valence-corrected chi connectivity index (χ2v) is 4.73. The number of ether oxygens (including phenoxy) is 1. The third-order valence-corrected chi connectivity index (χ3v) is 3.20. The van der Waals surface area contributed by atoms with Crippen molar-refractivity contribution in [1.82, 2.24) is 0 Å². The molecule has 1 saturated heterocycles. The lowest BCUT2D eigenvalue weighted by Crippen LogP contribution is -2.16. The summed E-state index contributed by atoms with van der Waals surface area (Å²) in [4.78, 5) is 0. The van der Waals surface area contributed by atoms with Crippen molar-refractivity contribution in [3.63, 3.8) is 0 Å². The van der Waals surface area contributed by atoms with Crippen LogP contribution < -0.4 is 0 Å². The van der Waals surface area contributed by atoms with Gasteiger partial charge in [0.15, 0.2) is 0 Å². The van der Waals surface area contributed by atoms with Crippen LogP contribution in [0.5, 0.6) is 0 Å². The topological polar surface area (TPSA) is 29.5 Å². The molecule has 2 atom stereocenters. The summed E-state index contributed by atoms with van der Waals surface area (Å²) >= 11 is 0. The molecular formula is C13H26O2. The Morgan fingerprint density at radius 1 is 1.27 bits per heavy atom. The van der Waals surface area contributed by atoms with Crippen LogP contribution in [0.2, 0.25) is 0 Å². The number of aliphatic hydroxyl groups is 1. The Labute approximate surface area is 94.0 Å². The van der Waals surface area contributed by atoms with E-state index in [1.54, 1.807) is 0 Å². The Kier molecular flexibility index (Phi) is 7.03. The number of aliphatic hydroxyl groups excluding tert-OH is 1. The summed E-state index contributed by atoms with van der Waals surface area (Å²) in [5.74, 6) is 0. The van der Waals surface area contributed by atoms with Crippen molar-refractivity contribution in [3.8, 4) is 0 Å². The molecule has 2 nitrogen and oxygen atoms in total. The van der Waals surface area contributed by atoms with Gasteiger partial charge in [-0.25, -0.2) is 0 Å². The van der Waals surface area contributed by atoms with Crippen molar-refractivity contribution >= 4 is 0 Å². The molecule has 1 N–H and O–H groups in total. The summed E-state index contributed by atoms with van der Waals surface area (Å²) in [6.07, 6.45) is 10.7. The Morgan fingerprint density at radius 2 is 2.07 bits per heavy atom. The highest BCUT2D eigenvalue weighted by Crippen LogP contribution is 2.19. The first kappa shape index (κ1) is 13.0. The smallest absolute Gasteiger partial charge is 0.0600 e. The quantitative estimate of drug-likeness (QED) is 0.628. The minimum atomic E-state index is -0.130. The van der Waals surface area contributed by atoms with Crippen LogP contribution in [0.15, 0.2) is 0 Å². The SMILES string of the molecule is CCCCCCCC(O)CC1CCCO1. The van der Waals surface area contributed by atoms with Crippen LogP contribution in [0.4, 0.5) is 0 Å². The van der Waals surface area contributed by atoms with Gasteiger partial charge in [0.2, 0.25) is 0 Å². The fraction of sp³-hybridized carbons (Fsp3) is 1.00. The minimum Gasteiger partial charge on any atom is -0.393 e. The Hall–Kier alpha value is -0.0800. The second-order valence-electron chi connectivity index (χ2n) is 4.73. The summed E-state index contributed by atoms with van der Waals surface area (Å²) in [7, 11) is 0. The largest absolute Gasteiger partial charge is 0.393 e. The van der Waals surface area contributed by atoms with Gasteiger partial charge in [0.25, 0.3) is 0 Å². The zero-order valence-electron chi connectivity index (χ0n) is 10.1. The monoisotopic (exact) mass is 214 g/mol. The molecule has 0 aromatic carbocycles. The van der Waals surface area contributed by atoms with Crippen LogP contribution in [0.3, 0.4) is 0 Å². The molecule has 1 aliphatic rings. The summed E-state index contributed by atoms with van der Waals surface area (Å²) in [5.41, 5.74) is 0. The fourth-order valence-electron chi connectivity index (χ4n) is 2.24. The number of unbranched alkanes of at least 4 members (excludes halogenated alkanes) is 4. The van der Waals surface area contributed by atoms with Crippen molar-refractivity contribution in [1.29, 1.82) is 0 Å². The molecule has 0 aromatic rings. The molecule has 0 aliphatic carbocycles. The maximum atomic E-state index is 9.79. The van der Waals surface area contributed by atoms with Gasteiger partial charge in [-0.2, -0.15) is 0 Å². The van der Waals surface area contributed by atoms with E-state index in [4.69, 9.17) is 4.74 Å². The van der Waals surface area contributed by atoms with Gasteiger partial charge in [-0.05, 0) is 25.7 Å². The van der Waals surface area contributed by atoms with Crippen LogP contribution in [-0.2, 0) is 4.74 Å². The third-order valence-electron chi connectivity index (χ3n) is 3.20. The fourth-order valence-corrected chi connectivity index (χ4v) is 2.24. The first-order valence-electron chi connectivity index (χ1n) is 6.62. The van der Waals surface area contributed by atoms with Crippen molar-refractivity contribution < 1.29 is 9.84 Å². The predicted octanol–water partition coefficient (Wildman–Crippen LogP) is 3.28. The van der Waals surface area contributed by atoms with E-state index in [1.807, 2.05) is 0 Å². The first-order valence-corrected chi connectivity index (χ1v) is 6.62. The molecule has 1 rings (SSSR count). The zero-order valence-corrected chi connectivity index (χ0v) is 10.1. The van der Waals surface area contributed by atoms with Crippen molar-refractivity contribution in [2.75, 3.05) is 6.61 Å². The molecule has 0 aromatic heterocycles. The summed E-state index contributed by atoms with van der Waals surface area (Å²) in [5, 5.41) is 9.79. The zero-order chi connectivity index (χ0) is 10.9. The molecule has 15 heavy (non-hydrogen) atoms. The Morgan fingerprint density at radius 3 is 2.73 bits per heavy atom. The average molecular weight is 214 g/mol. The van der Waals surface area contributed by atoms with Gasteiger partial charge >= 0.3 is 0 Å². The van der Waals surface area contributed by atoms with E-state index in [0.29, 0.717) is 6.10 Å². The maximum Gasteiger partial charge on any atom is 0.0600 e. The van der Waals surface area contributed by atoms with Crippen LogP contribution in [-0.4, -0.2) is 23.9 Å². The number of hydrogen-bond donors (Lipinski definition) is 1. The molecule has 1 heterocycles. The van der Waals surface area contributed by atoms with Crippen molar-refractivity contribution in [3.05, 3.63) is 0 Å². The van der Waals surface area contributed by atoms with Gasteiger partial charge in [-0.15, -0.1) is 0 Å². The van der Waals surface area contributed by atoms with E-state index in [1.165, 1.54) is 38.5 Å². The molecule has 1 aliphatic heterocycles. The number of hydrogen-bond acceptors (Lipinski definition) is 2. The summed E-state index contributed by atoms with van der Waals surface area (Å²) in [6, 6.07) is 0. The Balaban J connectivity index is 1.91.